The van der Waals surface area contributed by atoms with Crippen molar-refractivity contribution in [3.05, 3.63) is 0 Å². The third kappa shape index (κ3) is 2.48. The second-order valence-electron chi connectivity index (χ2n) is 2.77. The molecule has 0 bridgehead atoms. The van der Waals surface area contributed by atoms with Crippen molar-refractivity contribution in [2.45, 2.75) is 12.5 Å². The zero-order valence-electron chi connectivity index (χ0n) is 6.42. The molecule has 1 aliphatic rings. The van der Waals surface area contributed by atoms with Crippen LogP contribution in [0.2, 0.25) is 0 Å². The molecule has 1 heterocycles. The van der Waals surface area contributed by atoms with Crippen LogP contribution >= 0.6 is 12.6 Å². The number of hydrogen-bond acceptors (Lipinski definition) is 3. The van der Waals surface area contributed by atoms with Gasteiger partial charge in [0.1, 0.15) is 0 Å². The second kappa shape index (κ2) is 4.21. The van der Waals surface area contributed by atoms with Crippen LogP contribution in [0.25, 0.3) is 0 Å². The first kappa shape index (κ1) is 8.37. The number of rotatable bonds is 2. The van der Waals surface area contributed by atoms with E-state index < -0.39 is 0 Å². The van der Waals surface area contributed by atoms with Crippen molar-refractivity contribution >= 4 is 12.6 Å². The Bertz CT molecular complexity index is 97.6. The van der Waals surface area contributed by atoms with E-state index >= 15 is 0 Å². The molecule has 2 nitrogen and oxygen atoms in total. The molecule has 0 aliphatic carbocycles. The Morgan fingerprint density at radius 2 is 2.50 bits per heavy atom. The zero-order chi connectivity index (χ0) is 7.40. The maximum atomic E-state index is 5.50. The number of thiol groups is 1. The van der Waals surface area contributed by atoms with Gasteiger partial charge in [-0.05, 0) is 19.2 Å². The lowest BCUT2D eigenvalue weighted by Gasteiger charge is -2.29. The lowest BCUT2D eigenvalue weighted by Crippen LogP contribution is -2.40. The highest BCUT2D eigenvalue weighted by molar-refractivity contribution is 7.80. The summed E-state index contributed by atoms with van der Waals surface area (Å²) in [5.41, 5.74) is 0. The molecule has 0 N–H and O–H groups in total. The van der Waals surface area contributed by atoms with Crippen molar-refractivity contribution in [3.8, 4) is 0 Å². The van der Waals surface area contributed by atoms with Crippen molar-refractivity contribution in [3.63, 3.8) is 0 Å². The average molecular weight is 161 g/mol. The number of hydrogen-bond donors (Lipinski definition) is 1. The predicted molar refractivity (Wildman–Crippen MR) is 45.7 cm³/mol. The van der Waals surface area contributed by atoms with E-state index in [1.54, 1.807) is 0 Å². The summed E-state index contributed by atoms with van der Waals surface area (Å²) in [7, 11) is 2.13. The van der Waals surface area contributed by atoms with Gasteiger partial charge in [-0.1, -0.05) is 0 Å². The minimum Gasteiger partial charge on any atom is -0.376 e. The van der Waals surface area contributed by atoms with Gasteiger partial charge in [-0.3, -0.25) is 0 Å². The van der Waals surface area contributed by atoms with Gasteiger partial charge < -0.3 is 9.64 Å². The average Bonchev–Trinajstić information content (AvgIpc) is 1.88. The largest absolute Gasteiger partial charge is 0.376 e. The molecule has 0 spiro atoms. The number of likely N-dealkylation sites (N-methyl/N-ethyl adjacent to an activating group) is 1. The summed E-state index contributed by atoms with van der Waals surface area (Å²) >= 11 is 4.16. The Balaban J connectivity index is 2.18. The Kier molecular flexibility index (Phi) is 3.52. The first-order chi connectivity index (χ1) is 4.83. The van der Waals surface area contributed by atoms with Crippen LogP contribution in [0.5, 0.6) is 0 Å². The molecular formula is C7H15NOS. The Morgan fingerprint density at radius 3 is 3.10 bits per heavy atom. The predicted octanol–water partition coefficient (Wildman–Crippen LogP) is 0.637. The summed E-state index contributed by atoms with van der Waals surface area (Å²) in [6.45, 7) is 3.03. The number of ether oxygens (including phenoxy) is 1. The number of nitrogens with zero attached hydrogens (tertiary/aromatic N) is 1. The van der Waals surface area contributed by atoms with Gasteiger partial charge in [-0.25, -0.2) is 0 Å². The van der Waals surface area contributed by atoms with Gasteiger partial charge in [0.2, 0.25) is 0 Å². The Hall–Kier alpha value is 0.270. The molecule has 0 aromatic heterocycles. The molecular weight excluding hydrogens is 146 g/mol. The Labute approximate surface area is 68.0 Å². The molecule has 10 heavy (non-hydrogen) atoms. The van der Waals surface area contributed by atoms with E-state index in [9.17, 15) is 0 Å². The molecule has 1 unspecified atom stereocenters. The molecule has 60 valence electrons. The third-order valence-corrected chi connectivity index (χ3v) is 2.05. The van der Waals surface area contributed by atoms with E-state index in [0.717, 1.165) is 31.9 Å². The SMILES string of the molecule is CN1CCOC(CCS)C1. The quantitative estimate of drug-likeness (QED) is 0.597. The van der Waals surface area contributed by atoms with Crippen LogP contribution in [0, 0.1) is 0 Å². The fourth-order valence-corrected chi connectivity index (χ4v) is 1.47. The summed E-state index contributed by atoms with van der Waals surface area (Å²) < 4.78 is 5.50. The van der Waals surface area contributed by atoms with Crippen LogP contribution in [-0.2, 0) is 4.74 Å². The van der Waals surface area contributed by atoms with E-state index in [4.69, 9.17) is 4.74 Å². The van der Waals surface area contributed by atoms with Gasteiger partial charge in [-0.15, -0.1) is 0 Å². The molecule has 0 saturated carbocycles. The smallest absolute Gasteiger partial charge is 0.0710 e. The van der Waals surface area contributed by atoms with Crippen molar-refractivity contribution < 1.29 is 4.74 Å². The molecule has 0 aromatic rings. The van der Waals surface area contributed by atoms with Crippen LogP contribution < -0.4 is 0 Å². The van der Waals surface area contributed by atoms with Gasteiger partial charge in [0.15, 0.2) is 0 Å². The van der Waals surface area contributed by atoms with Gasteiger partial charge in [0.25, 0.3) is 0 Å². The fourth-order valence-electron chi connectivity index (χ4n) is 1.19. The molecule has 1 rings (SSSR count). The topological polar surface area (TPSA) is 12.5 Å². The van der Waals surface area contributed by atoms with Crippen LogP contribution in [-0.4, -0.2) is 43.5 Å². The zero-order valence-corrected chi connectivity index (χ0v) is 7.31. The lowest BCUT2D eigenvalue weighted by molar-refractivity contribution is -0.0200. The highest BCUT2D eigenvalue weighted by atomic mass is 32.1. The summed E-state index contributed by atoms with van der Waals surface area (Å²) in [5, 5.41) is 0. The molecule has 1 saturated heterocycles. The van der Waals surface area contributed by atoms with E-state index in [2.05, 4.69) is 24.6 Å². The summed E-state index contributed by atoms with van der Waals surface area (Å²) in [5.74, 6) is 0.929. The molecule has 1 atom stereocenters. The second-order valence-corrected chi connectivity index (χ2v) is 3.21. The molecule has 1 fully saturated rings. The third-order valence-electron chi connectivity index (χ3n) is 1.79. The normalized spacial score (nSPS) is 28.8. The van der Waals surface area contributed by atoms with Crippen LogP contribution in [0.3, 0.4) is 0 Å². The summed E-state index contributed by atoms with van der Waals surface area (Å²) in [6, 6.07) is 0. The molecule has 1 aliphatic heterocycles. The number of morpholine rings is 1. The molecule has 0 aromatic carbocycles. The fraction of sp³-hybridized carbons (Fsp3) is 1.00. The van der Waals surface area contributed by atoms with E-state index in [-0.39, 0.29) is 0 Å². The standard InChI is InChI=1S/C7H15NOS/c1-8-3-4-9-7(6-8)2-5-10/h7,10H,2-6H2,1H3. The van der Waals surface area contributed by atoms with Gasteiger partial charge >= 0.3 is 0 Å². The minimum atomic E-state index is 0.427. The van der Waals surface area contributed by atoms with Crippen LogP contribution in [0.1, 0.15) is 6.42 Å². The summed E-state index contributed by atoms with van der Waals surface area (Å²) in [6.07, 6.45) is 1.50. The Morgan fingerprint density at radius 1 is 1.70 bits per heavy atom. The van der Waals surface area contributed by atoms with Crippen molar-refractivity contribution in [1.82, 2.24) is 4.90 Å². The monoisotopic (exact) mass is 161 g/mol. The van der Waals surface area contributed by atoms with E-state index in [0.29, 0.717) is 6.10 Å². The van der Waals surface area contributed by atoms with E-state index in [1.165, 1.54) is 0 Å². The van der Waals surface area contributed by atoms with Crippen molar-refractivity contribution in [2.24, 2.45) is 0 Å². The first-order valence-electron chi connectivity index (χ1n) is 3.74. The molecule has 0 radical (unpaired) electrons. The lowest BCUT2D eigenvalue weighted by atomic mass is 10.2. The maximum absolute atomic E-state index is 5.50. The first-order valence-corrected chi connectivity index (χ1v) is 4.37. The minimum absolute atomic E-state index is 0.427. The van der Waals surface area contributed by atoms with E-state index in [1.807, 2.05) is 0 Å². The molecule has 0 amide bonds. The van der Waals surface area contributed by atoms with Crippen molar-refractivity contribution in [1.29, 1.82) is 0 Å². The van der Waals surface area contributed by atoms with Gasteiger partial charge in [0, 0.05) is 13.1 Å². The van der Waals surface area contributed by atoms with Crippen LogP contribution in [0.4, 0.5) is 0 Å². The van der Waals surface area contributed by atoms with Gasteiger partial charge in [-0.2, -0.15) is 12.6 Å². The summed E-state index contributed by atoms with van der Waals surface area (Å²) in [4.78, 5) is 2.30. The van der Waals surface area contributed by atoms with Gasteiger partial charge in [0.05, 0.1) is 12.7 Å². The molecule has 3 heteroatoms. The highest BCUT2D eigenvalue weighted by Gasteiger charge is 2.15. The maximum Gasteiger partial charge on any atom is 0.0710 e. The van der Waals surface area contributed by atoms with Crippen molar-refractivity contribution in [2.75, 3.05) is 32.5 Å². The van der Waals surface area contributed by atoms with Crippen LogP contribution in [0.15, 0.2) is 0 Å². The highest BCUT2D eigenvalue weighted by Crippen LogP contribution is 2.06.